The van der Waals surface area contributed by atoms with E-state index in [1.54, 1.807) is 0 Å². The van der Waals surface area contributed by atoms with Gasteiger partial charge in [-0.3, -0.25) is 0 Å². The topological polar surface area (TPSA) is 18.8 Å². The summed E-state index contributed by atoms with van der Waals surface area (Å²) in [6, 6.07) is 17.0. The van der Waals surface area contributed by atoms with Gasteiger partial charge < -0.3 is 9.80 Å². The number of amidine groups is 1. The van der Waals surface area contributed by atoms with E-state index in [2.05, 4.69) is 79.9 Å². The number of aliphatic imine (C=N–C) groups is 1. The third kappa shape index (κ3) is 2.08. The van der Waals surface area contributed by atoms with Crippen LogP contribution in [0.1, 0.15) is 18.9 Å². The number of hydrogen-bond donors (Lipinski definition) is 0. The summed E-state index contributed by atoms with van der Waals surface area (Å²) in [5.41, 5.74) is 5.75. The fraction of sp³-hybridized carbons (Fsp3) is 0.286. The Kier molecular flexibility index (Phi) is 3.27. The minimum atomic E-state index is -0.0748. The van der Waals surface area contributed by atoms with Gasteiger partial charge in [-0.1, -0.05) is 24.8 Å². The smallest absolute Gasteiger partial charge is 0.120 e. The fourth-order valence-electron chi connectivity index (χ4n) is 3.74. The van der Waals surface area contributed by atoms with E-state index >= 15 is 0 Å². The molecule has 2 aromatic carbocycles. The predicted molar refractivity (Wildman–Crippen MR) is 103 cm³/mol. The SMILES string of the molecule is C=C1c2ccccc2N=C2N(c3ccc(N(C)C)cc3)CC[C@]12C. The van der Waals surface area contributed by atoms with E-state index < -0.39 is 0 Å². The van der Waals surface area contributed by atoms with Gasteiger partial charge in [0.05, 0.1) is 11.1 Å². The molecule has 122 valence electrons. The van der Waals surface area contributed by atoms with Crippen LogP contribution in [0.25, 0.3) is 5.57 Å². The van der Waals surface area contributed by atoms with Crippen LogP contribution in [0.2, 0.25) is 0 Å². The van der Waals surface area contributed by atoms with Gasteiger partial charge in [-0.25, -0.2) is 4.99 Å². The van der Waals surface area contributed by atoms with Crippen molar-refractivity contribution in [3.63, 3.8) is 0 Å². The zero-order valence-electron chi connectivity index (χ0n) is 14.6. The number of nitrogens with zero attached hydrogens (tertiary/aromatic N) is 3. The molecule has 4 rings (SSSR count). The maximum Gasteiger partial charge on any atom is 0.120 e. The van der Waals surface area contributed by atoms with E-state index in [-0.39, 0.29) is 5.41 Å². The standard InChI is InChI=1S/C21H23N3/c1-15-18-7-5-6-8-19(18)22-20-21(15,2)13-14-24(20)17-11-9-16(10-12-17)23(3)4/h5-12H,1,13-14H2,2-4H3/t21-/m1/s1. The van der Waals surface area contributed by atoms with E-state index in [1.807, 2.05) is 6.07 Å². The summed E-state index contributed by atoms with van der Waals surface area (Å²) in [6.45, 7) is 7.67. The average Bonchev–Trinajstić information content (AvgIpc) is 2.93. The van der Waals surface area contributed by atoms with Crippen molar-refractivity contribution < 1.29 is 0 Å². The van der Waals surface area contributed by atoms with Gasteiger partial charge in [-0.2, -0.15) is 0 Å². The predicted octanol–water partition coefficient (Wildman–Crippen LogP) is 4.73. The molecule has 1 saturated heterocycles. The van der Waals surface area contributed by atoms with Crippen molar-refractivity contribution in [2.75, 3.05) is 30.4 Å². The zero-order valence-corrected chi connectivity index (χ0v) is 14.6. The molecule has 0 unspecified atom stereocenters. The summed E-state index contributed by atoms with van der Waals surface area (Å²) in [6.07, 6.45) is 1.05. The summed E-state index contributed by atoms with van der Waals surface area (Å²) >= 11 is 0. The van der Waals surface area contributed by atoms with Crippen LogP contribution in [-0.4, -0.2) is 26.5 Å². The lowest BCUT2D eigenvalue weighted by atomic mass is 9.75. The highest BCUT2D eigenvalue weighted by Gasteiger charge is 2.46. The fourth-order valence-corrected chi connectivity index (χ4v) is 3.74. The summed E-state index contributed by atoms with van der Waals surface area (Å²) in [7, 11) is 4.13. The highest BCUT2D eigenvalue weighted by atomic mass is 15.2. The first kappa shape index (κ1) is 15.0. The van der Waals surface area contributed by atoms with E-state index in [1.165, 1.54) is 22.5 Å². The van der Waals surface area contributed by atoms with Crippen LogP contribution < -0.4 is 9.80 Å². The lowest BCUT2D eigenvalue weighted by Crippen LogP contribution is -2.35. The molecule has 0 radical (unpaired) electrons. The molecule has 0 aromatic heterocycles. The highest BCUT2D eigenvalue weighted by Crippen LogP contribution is 2.50. The minimum Gasteiger partial charge on any atom is -0.378 e. The van der Waals surface area contributed by atoms with Crippen LogP contribution in [0.5, 0.6) is 0 Å². The molecule has 0 amide bonds. The van der Waals surface area contributed by atoms with Crippen molar-refractivity contribution in [2.24, 2.45) is 10.4 Å². The van der Waals surface area contributed by atoms with Crippen molar-refractivity contribution in [1.82, 2.24) is 0 Å². The van der Waals surface area contributed by atoms with Gasteiger partial charge in [0.1, 0.15) is 5.84 Å². The summed E-state index contributed by atoms with van der Waals surface area (Å²) in [5, 5.41) is 0. The first-order valence-corrected chi connectivity index (χ1v) is 8.43. The molecule has 24 heavy (non-hydrogen) atoms. The summed E-state index contributed by atoms with van der Waals surface area (Å²) < 4.78 is 0. The lowest BCUT2D eigenvalue weighted by Gasteiger charge is -2.34. The minimum absolute atomic E-state index is 0.0748. The molecule has 2 aliphatic heterocycles. The Bertz CT molecular complexity index is 832. The molecular formula is C21H23N3. The molecule has 1 fully saturated rings. The number of hydrogen-bond acceptors (Lipinski definition) is 3. The Morgan fingerprint density at radius 2 is 1.79 bits per heavy atom. The van der Waals surface area contributed by atoms with Crippen LogP contribution in [0.3, 0.4) is 0 Å². The molecular weight excluding hydrogens is 294 g/mol. The van der Waals surface area contributed by atoms with Crippen LogP contribution in [0.4, 0.5) is 17.1 Å². The van der Waals surface area contributed by atoms with Crippen molar-refractivity contribution >= 4 is 28.5 Å². The normalized spacial score (nSPS) is 22.0. The molecule has 2 heterocycles. The second-order valence-electron chi connectivity index (χ2n) is 7.08. The number of benzene rings is 2. The molecule has 3 heteroatoms. The maximum absolute atomic E-state index is 5.02. The Morgan fingerprint density at radius 3 is 2.50 bits per heavy atom. The number of fused-ring (bicyclic) bond motifs is 2. The molecule has 0 bridgehead atoms. The lowest BCUT2D eigenvalue weighted by molar-refractivity contribution is 0.616. The Hall–Kier alpha value is -2.55. The third-order valence-electron chi connectivity index (χ3n) is 5.38. The molecule has 2 aliphatic rings. The van der Waals surface area contributed by atoms with Crippen LogP contribution in [-0.2, 0) is 0 Å². The Balaban J connectivity index is 1.78. The van der Waals surface area contributed by atoms with E-state index in [0.717, 1.165) is 24.5 Å². The van der Waals surface area contributed by atoms with E-state index in [0.29, 0.717) is 0 Å². The Morgan fingerprint density at radius 1 is 1.08 bits per heavy atom. The molecule has 3 nitrogen and oxygen atoms in total. The number of anilines is 2. The monoisotopic (exact) mass is 317 g/mol. The van der Waals surface area contributed by atoms with Gasteiger partial charge in [0, 0.05) is 37.6 Å². The van der Waals surface area contributed by atoms with Crippen molar-refractivity contribution in [3.8, 4) is 0 Å². The molecule has 0 N–H and O–H groups in total. The maximum atomic E-state index is 5.02. The zero-order chi connectivity index (χ0) is 16.9. The van der Waals surface area contributed by atoms with Crippen LogP contribution in [0.15, 0.2) is 60.1 Å². The summed E-state index contributed by atoms with van der Waals surface area (Å²) in [5.74, 6) is 1.13. The largest absolute Gasteiger partial charge is 0.378 e. The quantitative estimate of drug-likeness (QED) is 0.797. The van der Waals surface area contributed by atoms with Crippen LogP contribution >= 0.6 is 0 Å². The summed E-state index contributed by atoms with van der Waals surface area (Å²) in [4.78, 5) is 9.48. The van der Waals surface area contributed by atoms with Crippen LogP contribution in [0, 0.1) is 5.41 Å². The van der Waals surface area contributed by atoms with E-state index in [4.69, 9.17) is 4.99 Å². The second kappa shape index (κ2) is 5.23. The molecule has 1 atom stereocenters. The number of rotatable bonds is 2. The molecule has 0 spiro atoms. The van der Waals surface area contributed by atoms with E-state index in [9.17, 15) is 0 Å². The van der Waals surface area contributed by atoms with Crippen molar-refractivity contribution in [3.05, 3.63) is 60.7 Å². The molecule has 0 aliphatic carbocycles. The Labute approximate surface area is 143 Å². The van der Waals surface area contributed by atoms with Crippen molar-refractivity contribution in [2.45, 2.75) is 13.3 Å². The van der Waals surface area contributed by atoms with Gasteiger partial charge in [0.15, 0.2) is 0 Å². The molecule has 2 aromatic rings. The van der Waals surface area contributed by atoms with Gasteiger partial charge in [-0.05, 0) is 49.2 Å². The van der Waals surface area contributed by atoms with Gasteiger partial charge in [0.2, 0.25) is 0 Å². The van der Waals surface area contributed by atoms with Gasteiger partial charge in [-0.15, -0.1) is 0 Å². The third-order valence-corrected chi connectivity index (χ3v) is 5.38. The number of para-hydroxylation sites is 1. The van der Waals surface area contributed by atoms with Gasteiger partial charge in [0.25, 0.3) is 0 Å². The average molecular weight is 317 g/mol. The molecule has 0 saturated carbocycles. The first-order chi connectivity index (χ1) is 11.5. The second-order valence-corrected chi connectivity index (χ2v) is 7.08. The van der Waals surface area contributed by atoms with Gasteiger partial charge >= 0.3 is 0 Å². The first-order valence-electron chi connectivity index (χ1n) is 8.43. The van der Waals surface area contributed by atoms with Crippen molar-refractivity contribution in [1.29, 1.82) is 0 Å². The highest BCUT2D eigenvalue weighted by molar-refractivity contribution is 6.14.